The molecule has 0 aliphatic rings. The van der Waals surface area contributed by atoms with Gasteiger partial charge in [0.25, 0.3) is 0 Å². The van der Waals surface area contributed by atoms with Crippen molar-refractivity contribution in [1.82, 2.24) is 19.5 Å². The number of fused-ring (bicyclic) bond motifs is 4. The summed E-state index contributed by atoms with van der Waals surface area (Å²) < 4.78 is 8.64. The molecule has 0 amide bonds. The molecular formula is C54H54IrN4OSi-2. The Bertz CT molecular complexity index is 2970. The van der Waals surface area contributed by atoms with Gasteiger partial charge in [-0.25, -0.2) is 4.98 Å². The number of hydrogen-bond acceptors (Lipinski definition) is 4. The zero-order chi connectivity index (χ0) is 42.4. The fourth-order valence-corrected chi connectivity index (χ4v) is 9.53. The van der Waals surface area contributed by atoms with Crippen LogP contribution in [0.3, 0.4) is 0 Å². The molecule has 0 atom stereocenters. The number of para-hydroxylation sites is 2. The smallest absolute Gasteiger partial charge is 0.216 e. The number of aryl methyl sites for hydroxylation is 1. The van der Waals surface area contributed by atoms with Gasteiger partial charge in [0.1, 0.15) is 0 Å². The summed E-state index contributed by atoms with van der Waals surface area (Å²) in [4.78, 5) is 14.5. The quantitative estimate of drug-likeness (QED) is 0.123. The van der Waals surface area contributed by atoms with Gasteiger partial charge in [-0.15, -0.1) is 54.1 Å². The molecule has 0 saturated carbocycles. The first kappa shape index (κ1) is 43.6. The molecule has 0 saturated heterocycles. The van der Waals surface area contributed by atoms with E-state index in [2.05, 4.69) is 174 Å². The van der Waals surface area contributed by atoms with Gasteiger partial charge in [-0.1, -0.05) is 132 Å². The average molecular weight is 995 g/mol. The topological polar surface area (TPSA) is 56.7 Å². The van der Waals surface area contributed by atoms with Gasteiger partial charge < -0.3 is 14.0 Å². The molecular weight excluding hydrogens is 941 g/mol. The minimum absolute atomic E-state index is 0. The molecule has 311 valence electrons. The number of nitrogens with zero attached hydrogens (tertiary/aromatic N) is 4. The molecule has 0 unspecified atom stereocenters. The van der Waals surface area contributed by atoms with Crippen LogP contribution in [0.4, 0.5) is 0 Å². The predicted octanol–water partition coefficient (Wildman–Crippen LogP) is 13.7. The number of furan rings is 1. The molecule has 0 aliphatic carbocycles. The minimum Gasteiger partial charge on any atom is -0.486 e. The van der Waals surface area contributed by atoms with Crippen molar-refractivity contribution in [3.8, 4) is 39.5 Å². The molecule has 5 aromatic carbocycles. The zero-order valence-electron chi connectivity index (χ0n) is 36.9. The van der Waals surface area contributed by atoms with Gasteiger partial charge in [0.05, 0.1) is 30.5 Å². The van der Waals surface area contributed by atoms with Gasteiger partial charge in [-0.2, -0.15) is 0 Å². The van der Waals surface area contributed by atoms with Crippen LogP contribution in [0, 0.1) is 24.5 Å². The van der Waals surface area contributed by atoms with Crippen LogP contribution >= 0.6 is 0 Å². The van der Waals surface area contributed by atoms with E-state index in [1.807, 2.05) is 49.4 Å². The van der Waals surface area contributed by atoms with Crippen LogP contribution in [0.2, 0.25) is 19.6 Å². The van der Waals surface area contributed by atoms with Crippen LogP contribution < -0.4 is 5.19 Å². The van der Waals surface area contributed by atoms with Gasteiger partial charge >= 0.3 is 0 Å². The first-order valence-corrected chi connectivity index (χ1v) is 24.4. The third kappa shape index (κ3) is 9.25. The van der Waals surface area contributed by atoms with Crippen LogP contribution in [-0.4, -0.2) is 27.6 Å². The van der Waals surface area contributed by atoms with E-state index in [1.54, 1.807) is 0 Å². The second kappa shape index (κ2) is 17.1. The van der Waals surface area contributed by atoms with E-state index >= 15 is 0 Å². The molecule has 0 spiro atoms. The van der Waals surface area contributed by atoms with Crippen molar-refractivity contribution in [2.75, 3.05) is 0 Å². The number of imidazole rings is 1. The molecule has 9 aromatic rings. The van der Waals surface area contributed by atoms with E-state index < -0.39 is 8.07 Å². The third-order valence-corrected chi connectivity index (χ3v) is 13.0. The second-order valence-electron chi connectivity index (χ2n) is 19.1. The second-order valence-corrected chi connectivity index (χ2v) is 24.1. The number of hydrogen-bond donors (Lipinski definition) is 0. The standard InChI is InChI=1S/C35H28N3O.C19H26NSi.Ir/c1-22-17-19-26-25-13-10-14-27(32(25)39-34(26)36-22)33-37-29-15-8-9-16-31(29)38(33)30-20-18-24(35(2,3)4)21-28(30)23-11-6-5-7-12-23;1-19(2,3)13-16-12-17(15-10-8-7-9-11-15)20-14-18(16)21(4,5)6;/h5-13,15-21H,1-4H3;7-10,12,14H,13H2,1-6H3;/q2*-1;. The molecule has 0 bridgehead atoms. The normalized spacial score (nSPS) is 12.0. The SMILES string of the molecule is CC(C)(C)Cc1cc(-c2[c-]cccc2)ncc1[Si](C)(C)C.Cc1ccc2c(n1)oc1c(-c3nc4ccccc4n3-c3ccc(C(C)(C)C)cc3-c3ccccc3)[c-]ccc12.[Ir]. The third-order valence-electron chi connectivity index (χ3n) is 10.9. The van der Waals surface area contributed by atoms with Gasteiger partial charge in [0.15, 0.2) is 0 Å². The van der Waals surface area contributed by atoms with Crippen LogP contribution in [0.5, 0.6) is 0 Å². The van der Waals surface area contributed by atoms with E-state index in [0.717, 1.165) is 79.0 Å². The molecule has 7 heteroatoms. The molecule has 4 heterocycles. The van der Waals surface area contributed by atoms with Gasteiger partial charge in [-0.05, 0) is 82.6 Å². The summed E-state index contributed by atoms with van der Waals surface area (Å²) in [5, 5.41) is 3.49. The molecule has 1 radical (unpaired) electrons. The zero-order valence-corrected chi connectivity index (χ0v) is 40.3. The number of rotatable bonds is 6. The van der Waals surface area contributed by atoms with Crippen molar-refractivity contribution in [3.05, 3.63) is 163 Å². The molecule has 4 aromatic heterocycles. The summed E-state index contributed by atoms with van der Waals surface area (Å²) in [6, 6.07) is 50.8. The Kier molecular flexibility index (Phi) is 12.2. The maximum Gasteiger partial charge on any atom is 0.216 e. The Morgan fingerprint density at radius 3 is 2.16 bits per heavy atom. The van der Waals surface area contributed by atoms with E-state index in [0.29, 0.717) is 5.71 Å². The van der Waals surface area contributed by atoms with Crippen molar-refractivity contribution in [3.63, 3.8) is 0 Å². The molecule has 0 aliphatic heterocycles. The Hall–Kier alpha value is -5.46. The summed E-state index contributed by atoms with van der Waals surface area (Å²) in [6.07, 6.45) is 3.21. The largest absolute Gasteiger partial charge is 0.486 e. The van der Waals surface area contributed by atoms with Crippen LogP contribution in [0.1, 0.15) is 58.4 Å². The summed E-state index contributed by atoms with van der Waals surface area (Å²) in [6.45, 7) is 22.8. The predicted molar refractivity (Wildman–Crippen MR) is 254 cm³/mol. The van der Waals surface area contributed by atoms with E-state index in [-0.39, 0.29) is 30.9 Å². The molecule has 0 fully saturated rings. The van der Waals surface area contributed by atoms with Crippen molar-refractivity contribution in [1.29, 1.82) is 0 Å². The van der Waals surface area contributed by atoms with E-state index in [1.165, 1.54) is 16.3 Å². The van der Waals surface area contributed by atoms with Crippen molar-refractivity contribution >= 4 is 46.4 Å². The van der Waals surface area contributed by atoms with Gasteiger partial charge in [0, 0.05) is 48.6 Å². The maximum absolute atomic E-state index is 6.39. The fourth-order valence-electron chi connectivity index (χ4n) is 7.95. The Labute approximate surface area is 375 Å². The summed E-state index contributed by atoms with van der Waals surface area (Å²) in [7, 11) is -1.37. The molecule has 5 nitrogen and oxygen atoms in total. The van der Waals surface area contributed by atoms with Crippen LogP contribution in [0.15, 0.2) is 138 Å². The number of pyridine rings is 2. The monoisotopic (exact) mass is 995 g/mol. The van der Waals surface area contributed by atoms with Crippen molar-refractivity contribution in [2.24, 2.45) is 5.41 Å². The molecule has 9 rings (SSSR count). The summed E-state index contributed by atoms with van der Waals surface area (Å²) >= 11 is 0. The maximum atomic E-state index is 6.39. The first-order chi connectivity index (χ1) is 28.5. The van der Waals surface area contributed by atoms with E-state index in [4.69, 9.17) is 14.4 Å². The van der Waals surface area contributed by atoms with Gasteiger partial charge in [-0.3, -0.25) is 4.98 Å². The Balaban J connectivity index is 0.000000217. The number of aromatic nitrogens is 4. The Morgan fingerprint density at radius 1 is 0.721 bits per heavy atom. The summed E-state index contributed by atoms with van der Waals surface area (Å²) in [5.74, 6) is 0.790. The molecule has 0 N–H and O–H groups in total. The Morgan fingerprint density at radius 2 is 1.46 bits per heavy atom. The number of benzene rings is 5. The fraction of sp³-hybridized carbons (Fsp3) is 0.241. The average Bonchev–Trinajstić information content (AvgIpc) is 3.78. The van der Waals surface area contributed by atoms with Crippen molar-refractivity contribution < 1.29 is 24.5 Å². The minimum atomic E-state index is -1.37. The van der Waals surface area contributed by atoms with Gasteiger partial charge in [0.2, 0.25) is 5.71 Å². The van der Waals surface area contributed by atoms with Crippen molar-refractivity contribution in [2.45, 2.75) is 79.9 Å². The summed E-state index contributed by atoms with van der Waals surface area (Å²) in [5.41, 5.74) is 13.6. The molecule has 61 heavy (non-hydrogen) atoms. The first-order valence-electron chi connectivity index (χ1n) is 20.9. The van der Waals surface area contributed by atoms with E-state index in [9.17, 15) is 0 Å². The van der Waals surface area contributed by atoms with Crippen LogP contribution in [0.25, 0.3) is 72.6 Å². The van der Waals surface area contributed by atoms with Crippen LogP contribution in [-0.2, 0) is 31.9 Å².